The van der Waals surface area contributed by atoms with Crippen molar-refractivity contribution in [2.75, 3.05) is 50.1 Å². The van der Waals surface area contributed by atoms with E-state index in [1.807, 2.05) is 30.6 Å². The van der Waals surface area contributed by atoms with E-state index in [2.05, 4.69) is 39.2 Å². The highest BCUT2D eigenvalue weighted by Gasteiger charge is 2.52. The first-order chi connectivity index (χ1) is 29.3. The number of benzene rings is 2. The van der Waals surface area contributed by atoms with Crippen molar-refractivity contribution in [3.05, 3.63) is 77.3 Å². The number of hydrogen-bond acceptors (Lipinski definition) is 9. The van der Waals surface area contributed by atoms with Crippen LogP contribution in [-0.2, 0) is 14.3 Å². The number of likely N-dealkylation sites (tertiary alicyclic amines) is 1. The summed E-state index contributed by atoms with van der Waals surface area (Å²) >= 11 is 6.59. The van der Waals surface area contributed by atoms with Crippen molar-refractivity contribution >= 4 is 46.9 Å². The minimum Gasteiger partial charge on any atom is -0.453 e. The Morgan fingerprint density at radius 3 is 2.27 bits per heavy atom. The quantitative estimate of drug-likeness (QED) is 0.136. The number of nitrogens with one attached hydrogen (secondary N) is 3. The van der Waals surface area contributed by atoms with E-state index in [4.69, 9.17) is 21.3 Å². The van der Waals surface area contributed by atoms with Gasteiger partial charge < -0.3 is 39.8 Å². The van der Waals surface area contributed by atoms with E-state index in [0.29, 0.717) is 67.6 Å². The monoisotopic (exact) mass is 878 g/mol. The molecule has 1 aliphatic carbocycles. The maximum Gasteiger partial charge on any atom is 0.573 e. The number of carbonyl (C=O) groups is 4. The Bertz CT molecular complexity index is 2310. The van der Waals surface area contributed by atoms with Gasteiger partial charge in [0.05, 0.1) is 35.1 Å². The van der Waals surface area contributed by atoms with Crippen LogP contribution in [0.15, 0.2) is 60.9 Å². The molecular formula is C44H50ClF3N8O6. The van der Waals surface area contributed by atoms with E-state index in [0.717, 1.165) is 12.5 Å². The van der Waals surface area contributed by atoms with Gasteiger partial charge in [0, 0.05) is 68.2 Å². The number of nitrogens with zero attached hydrogens (tertiary/aromatic N) is 5. The number of carbonyl (C=O) groups excluding carboxylic acids is 4. The molecule has 0 bridgehead atoms. The maximum absolute atomic E-state index is 13.8. The maximum atomic E-state index is 13.8. The number of amides is 4. The van der Waals surface area contributed by atoms with E-state index in [1.54, 1.807) is 47.5 Å². The van der Waals surface area contributed by atoms with Crippen LogP contribution >= 0.6 is 11.6 Å². The summed E-state index contributed by atoms with van der Waals surface area (Å²) < 4.78 is 50.4. The molecule has 330 valence electrons. The van der Waals surface area contributed by atoms with E-state index >= 15 is 0 Å². The topological polar surface area (TPSA) is 162 Å². The Labute approximate surface area is 362 Å². The van der Waals surface area contributed by atoms with Gasteiger partial charge in [0.15, 0.2) is 0 Å². The smallest absolute Gasteiger partial charge is 0.453 e. The van der Waals surface area contributed by atoms with Crippen LogP contribution in [0.5, 0.6) is 5.75 Å². The molecule has 1 saturated carbocycles. The van der Waals surface area contributed by atoms with Gasteiger partial charge in [0.1, 0.15) is 23.4 Å². The first-order valence-electron chi connectivity index (χ1n) is 20.5. The molecule has 3 N–H and O–H groups in total. The predicted octanol–water partition coefficient (Wildman–Crippen LogP) is 7.93. The van der Waals surface area contributed by atoms with Crippen molar-refractivity contribution in [1.82, 2.24) is 30.1 Å². The Kier molecular flexibility index (Phi) is 12.5. The van der Waals surface area contributed by atoms with Gasteiger partial charge in [0.2, 0.25) is 11.8 Å². The minimum atomic E-state index is -5.06. The van der Waals surface area contributed by atoms with Crippen LogP contribution in [0.25, 0.3) is 22.4 Å². The standard InChI is InChI=1S/C44H50ClF3N8O6/c1-24(2)37(53-42(60)61-6)41(59)56-23-25(3)17-34(56)38-50-22-33(51-38)27-9-7-26(8-10-27)29-18-31(45)32(19-35(29)62-44(46,47)48)52-39(57)28-11-12-36(49-21-28)54-13-15-55(16-14-54)40(58)30-20-43(30,4)5/h7-12,18-19,21-22,24-25,30,34,37H,13-17,20,23H2,1-6H3,(H,50,51)(H,52,57)(H,53,60)/t25-,30+,34-,37-/m0/s1. The van der Waals surface area contributed by atoms with Crippen LogP contribution in [0.2, 0.25) is 5.02 Å². The third kappa shape index (κ3) is 9.77. The summed E-state index contributed by atoms with van der Waals surface area (Å²) in [6, 6.07) is 11.0. The van der Waals surface area contributed by atoms with Crippen molar-refractivity contribution in [3.63, 3.8) is 0 Å². The van der Waals surface area contributed by atoms with Crippen LogP contribution < -0.4 is 20.3 Å². The number of aromatic nitrogens is 3. The number of alkyl carbamates (subject to hydrolysis) is 1. The minimum absolute atomic E-state index is 0.0261. The molecule has 18 heteroatoms. The van der Waals surface area contributed by atoms with Crippen molar-refractivity contribution in [3.8, 4) is 28.1 Å². The zero-order chi connectivity index (χ0) is 44.7. The van der Waals surface area contributed by atoms with E-state index < -0.39 is 30.2 Å². The Morgan fingerprint density at radius 1 is 1.00 bits per heavy atom. The lowest BCUT2D eigenvalue weighted by atomic mass is 10.0. The SMILES string of the molecule is COC(=O)N[C@H](C(=O)N1C[C@@H](C)C[C@H]1c1nc(-c2ccc(-c3cc(Cl)c(NC(=O)c4ccc(N5CCN(C(=O)[C@H]6CC6(C)C)CC5)nc4)cc3OC(F)(F)F)cc2)c[nH]1)C(C)C. The fourth-order valence-corrected chi connectivity index (χ4v) is 8.36. The number of methoxy groups -OCH3 is 1. The summed E-state index contributed by atoms with van der Waals surface area (Å²) in [6.07, 6.45) is -1.13. The van der Waals surface area contributed by atoms with Gasteiger partial charge in [-0.1, -0.05) is 70.5 Å². The highest BCUT2D eigenvalue weighted by atomic mass is 35.5. The van der Waals surface area contributed by atoms with Gasteiger partial charge in [0.25, 0.3) is 5.91 Å². The molecule has 3 fully saturated rings. The number of pyridine rings is 1. The van der Waals surface area contributed by atoms with Crippen molar-refractivity contribution in [2.24, 2.45) is 23.2 Å². The lowest BCUT2D eigenvalue weighted by molar-refractivity contribution is -0.274. The average molecular weight is 879 g/mol. The number of H-pyrrole nitrogens is 1. The number of halogens is 4. The van der Waals surface area contributed by atoms with Gasteiger partial charge in [-0.25, -0.2) is 14.8 Å². The molecule has 0 spiro atoms. The number of ether oxygens (including phenoxy) is 2. The number of anilines is 2. The van der Waals surface area contributed by atoms with E-state index in [-0.39, 0.29) is 62.9 Å². The van der Waals surface area contributed by atoms with E-state index in [9.17, 15) is 32.3 Å². The summed E-state index contributed by atoms with van der Waals surface area (Å²) in [6.45, 7) is 12.7. The predicted molar refractivity (Wildman–Crippen MR) is 226 cm³/mol. The van der Waals surface area contributed by atoms with Crippen LogP contribution in [-0.4, -0.2) is 101 Å². The summed E-state index contributed by atoms with van der Waals surface area (Å²) in [7, 11) is 1.24. The van der Waals surface area contributed by atoms with Crippen LogP contribution in [0.1, 0.15) is 69.7 Å². The van der Waals surface area contributed by atoms with Crippen LogP contribution in [0.3, 0.4) is 0 Å². The summed E-state index contributed by atoms with van der Waals surface area (Å²) in [5.74, 6) is -0.0411. The summed E-state index contributed by atoms with van der Waals surface area (Å²) in [4.78, 5) is 69.9. The second kappa shape index (κ2) is 17.5. The number of imidazole rings is 1. The number of aromatic amines is 1. The molecule has 14 nitrogen and oxygen atoms in total. The van der Waals surface area contributed by atoms with Crippen LogP contribution in [0.4, 0.5) is 29.5 Å². The lowest BCUT2D eigenvalue weighted by Crippen LogP contribution is -2.51. The van der Waals surface area contributed by atoms with E-state index in [1.165, 1.54) is 19.4 Å². The van der Waals surface area contributed by atoms with Gasteiger partial charge >= 0.3 is 12.5 Å². The number of alkyl halides is 3. The highest BCUT2D eigenvalue weighted by molar-refractivity contribution is 6.34. The zero-order valence-corrected chi connectivity index (χ0v) is 36.1. The highest BCUT2D eigenvalue weighted by Crippen LogP contribution is 2.52. The Hall–Kier alpha value is -5.84. The molecule has 4 atom stereocenters. The molecule has 7 rings (SSSR count). The molecule has 2 aromatic heterocycles. The first-order valence-corrected chi connectivity index (χ1v) is 20.9. The average Bonchev–Trinajstić information content (AvgIpc) is 3.51. The summed E-state index contributed by atoms with van der Waals surface area (Å²) in [5.41, 5.74) is 1.69. The number of hydrogen-bond donors (Lipinski definition) is 3. The normalized spacial score (nSPS) is 20.2. The molecule has 2 aromatic carbocycles. The second-order valence-electron chi connectivity index (χ2n) is 17.2. The Balaban J connectivity index is 1.03. The fraction of sp³-hybridized carbons (Fsp3) is 0.455. The van der Waals surface area contributed by atoms with Gasteiger partial charge in [-0.15, -0.1) is 13.2 Å². The third-order valence-corrected chi connectivity index (χ3v) is 12.2. The van der Waals surface area contributed by atoms with Crippen molar-refractivity contribution in [2.45, 2.75) is 65.9 Å². The third-order valence-electron chi connectivity index (χ3n) is 11.9. The van der Waals surface area contributed by atoms with Gasteiger partial charge in [-0.3, -0.25) is 14.4 Å². The molecule has 2 aliphatic heterocycles. The lowest BCUT2D eigenvalue weighted by Gasteiger charge is -2.35. The van der Waals surface area contributed by atoms with Gasteiger partial charge in [-0.05, 0) is 53.9 Å². The molecule has 3 aliphatic rings. The number of rotatable bonds is 11. The molecular weight excluding hydrogens is 829 g/mol. The van der Waals surface area contributed by atoms with Crippen LogP contribution in [0, 0.1) is 23.2 Å². The second-order valence-corrected chi connectivity index (χ2v) is 17.7. The molecule has 0 radical (unpaired) electrons. The zero-order valence-electron chi connectivity index (χ0n) is 35.3. The molecule has 0 unspecified atom stereocenters. The largest absolute Gasteiger partial charge is 0.573 e. The molecule has 4 aromatic rings. The first kappa shape index (κ1) is 44.2. The molecule has 4 heterocycles. The van der Waals surface area contributed by atoms with Crippen molar-refractivity contribution < 1.29 is 41.8 Å². The van der Waals surface area contributed by atoms with Gasteiger partial charge in [-0.2, -0.15) is 0 Å². The molecule has 62 heavy (non-hydrogen) atoms. The summed E-state index contributed by atoms with van der Waals surface area (Å²) in [5, 5.41) is 5.20. The molecule has 4 amide bonds. The molecule has 2 saturated heterocycles. The Morgan fingerprint density at radius 2 is 1.68 bits per heavy atom. The number of piperazine rings is 1. The van der Waals surface area contributed by atoms with Crippen molar-refractivity contribution in [1.29, 1.82) is 0 Å². The fourth-order valence-electron chi connectivity index (χ4n) is 8.15.